The number of carbonyl (C=O) groups excluding carboxylic acids is 4. The number of anilines is 1. The maximum absolute atomic E-state index is 13.0. The average molecular weight is 425 g/mol. The van der Waals surface area contributed by atoms with Crippen molar-refractivity contribution in [3.05, 3.63) is 29.3 Å². The number of nitrogens with zero attached hydrogens (tertiary/aromatic N) is 1. The first-order chi connectivity index (χ1) is 15.0. The van der Waals surface area contributed by atoms with E-state index in [1.165, 1.54) is 25.7 Å². The van der Waals surface area contributed by atoms with E-state index in [0.29, 0.717) is 17.0 Å². The quantitative estimate of drug-likeness (QED) is 0.633. The molecule has 1 aromatic carbocycles. The number of benzene rings is 1. The van der Waals surface area contributed by atoms with Crippen LogP contribution >= 0.6 is 0 Å². The van der Waals surface area contributed by atoms with Crippen LogP contribution in [0.15, 0.2) is 18.2 Å². The highest BCUT2D eigenvalue weighted by Crippen LogP contribution is 2.37. The second-order valence-corrected chi connectivity index (χ2v) is 9.28. The number of nitrogens with one attached hydrogen (secondary N) is 3. The normalized spacial score (nSPS) is 30.6. The average Bonchev–Trinajstić information content (AvgIpc) is 3.02. The standard InChI is InChI=1S/C23H28N4O4/c28-20-6-5-19(21(29)26-20)27-22(30)17-4-3-16(10-18(17)23(27)31)25-11-13-1-2-15-12-24-8-7-14(15)9-13/h3-4,10,13-15,19,24-25H,1-2,5-9,11-12H2,(H,26,28,29). The molecule has 2 saturated heterocycles. The van der Waals surface area contributed by atoms with E-state index in [4.69, 9.17) is 0 Å². The van der Waals surface area contributed by atoms with Crippen LogP contribution in [-0.4, -0.2) is 54.2 Å². The Morgan fingerprint density at radius 1 is 0.968 bits per heavy atom. The monoisotopic (exact) mass is 424 g/mol. The molecule has 31 heavy (non-hydrogen) atoms. The fourth-order valence-electron chi connectivity index (χ4n) is 5.65. The molecule has 3 aliphatic heterocycles. The maximum atomic E-state index is 13.0. The van der Waals surface area contributed by atoms with E-state index in [1.807, 2.05) is 6.07 Å². The van der Waals surface area contributed by atoms with Crippen molar-refractivity contribution in [2.24, 2.45) is 17.8 Å². The van der Waals surface area contributed by atoms with Crippen LogP contribution in [-0.2, 0) is 9.59 Å². The number of hydrogen-bond acceptors (Lipinski definition) is 6. The van der Waals surface area contributed by atoms with Crippen molar-refractivity contribution in [1.82, 2.24) is 15.5 Å². The highest BCUT2D eigenvalue weighted by molar-refractivity contribution is 6.23. The molecule has 164 valence electrons. The van der Waals surface area contributed by atoms with Gasteiger partial charge in [-0.2, -0.15) is 0 Å². The van der Waals surface area contributed by atoms with E-state index < -0.39 is 23.8 Å². The molecular formula is C23H28N4O4. The van der Waals surface area contributed by atoms with E-state index >= 15 is 0 Å². The molecule has 3 N–H and O–H groups in total. The molecule has 8 nitrogen and oxygen atoms in total. The van der Waals surface area contributed by atoms with Crippen LogP contribution in [0.4, 0.5) is 5.69 Å². The zero-order chi connectivity index (χ0) is 21.5. The van der Waals surface area contributed by atoms with Gasteiger partial charge in [-0.15, -0.1) is 0 Å². The van der Waals surface area contributed by atoms with Crippen molar-refractivity contribution in [2.45, 2.75) is 44.6 Å². The lowest BCUT2D eigenvalue weighted by atomic mass is 9.71. The minimum absolute atomic E-state index is 0.121. The third-order valence-electron chi connectivity index (χ3n) is 7.38. The van der Waals surface area contributed by atoms with Gasteiger partial charge in [0.05, 0.1) is 11.1 Å². The number of imide groups is 2. The molecule has 0 radical (unpaired) electrons. The minimum atomic E-state index is -0.929. The lowest BCUT2D eigenvalue weighted by molar-refractivity contribution is -0.136. The fourth-order valence-corrected chi connectivity index (χ4v) is 5.65. The predicted octanol–water partition coefficient (Wildman–Crippen LogP) is 1.53. The largest absolute Gasteiger partial charge is 0.385 e. The van der Waals surface area contributed by atoms with Gasteiger partial charge in [0, 0.05) is 18.7 Å². The summed E-state index contributed by atoms with van der Waals surface area (Å²) in [5.41, 5.74) is 1.45. The Morgan fingerprint density at radius 3 is 2.65 bits per heavy atom. The minimum Gasteiger partial charge on any atom is -0.385 e. The Labute approximate surface area is 181 Å². The Hall–Kier alpha value is -2.74. The third-order valence-corrected chi connectivity index (χ3v) is 7.38. The van der Waals surface area contributed by atoms with E-state index in [1.54, 1.807) is 12.1 Å². The Bertz CT molecular complexity index is 946. The molecule has 3 heterocycles. The van der Waals surface area contributed by atoms with Crippen molar-refractivity contribution >= 4 is 29.3 Å². The van der Waals surface area contributed by atoms with Gasteiger partial charge in [0.1, 0.15) is 6.04 Å². The van der Waals surface area contributed by atoms with Gasteiger partial charge in [0.2, 0.25) is 11.8 Å². The van der Waals surface area contributed by atoms with Crippen LogP contribution < -0.4 is 16.0 Å². The van der Waals surface area contributed by atoms with E-state index in [0.717, 1.165) is 42.1 Å². The highest BCUT2D eigenvalue weighted by Gasteiger charge is 2.44. The van der Waals surface area contributed by atoms with Gasteiger partial charge >= 0.3 is 0 Å². The summed E-state index contributed by atoms with van der Waals surface area (Å²) in [5.74, 6) is 0.346. The van der Waals surface area contributed by atoms with E-state index in [-0.39, 0.29) is 18.7 Å². The van der Waals surface area contributed by atoms with Crippen molar-refractivity contribution in [3.63, 3.8) is 0 Å². The van der Waals surface area contributed by atoms with Crippen molar-refractivity contribution in [3.8, 4) is 0 Å². The fraction of sp³-hybridized carbons (Fsp3) is 0.565. The van der Waals surface area contributed by atoms with Crippen LogP contribution in [0.2, 0.25) is 0 Å². The summed E-state index contributed by atoms with van der Waals surface area (Å²) in [6.07, 6.45) is 5.26. The number of hydrogen-bond donors (Lipinski definition) is 3. The topological polar surface area (TPSA) is 108 Å². The number of fused-ring (bicyclic) bond motifs is 2. The van der Waals surface area contributed by atoms with Crippen LogP contribution in [0.1, 0.15) is 59.2 Å². The summed E-state index contributed by atoms with van der Waals surface area (Å²) < 4.78 is 0. The third kappa shape index (κ3) is 3.73. The van der Waals surface area contributed by atoms with E-state index in [2.05, 4.69) is 16.0 Å². The second-order valence-electron chi connectivity index (χ2n) is 9.28. The molecule has 0 spiro atoms. The molecule has 0 bridgehead atoms. The molecule has 4 amide bonds. The summed E-state index contributed by atoms with van der Waals surface area (Å²) >= 11 is 0. The summed E-state index contributed by atoms with van der Waals surface area (Å²) in [6.45, 7) is 3.12. The lowest BCUT2D eigenvalue weighted by Crippen LogP contribution is -2.54. The Morgan fingerprint density at radius 2 is 1.81 bits per heavy atom. The van der Waals surface area contributed by atoms with E-state index in [9.17, 15) is 19.2 Å². The number of piperidine rings is 2. The van der Waals surface area contributed by atoms with Crippen LogP contribution in [0, 0.1) is 17.8 Å². The lowest BCUT2D eigenvalue weighted by Gasteiger charge is -2.39. The predicted molar refractivity (Wildman–Crippen MR) is 113 cm³/mol. The Kier molecular flexibility index (Phi) is 5.25. The molecule has 1 aliphatic carbocycles. The molecule has 3 fully saturated rings. The van der Waals surface area contributed by atoms with Crippen LogP contribution in [0.5, 0.6) is 0 Å². The molecule has 1 saturated carbocycles. The summed E-state index contributed by atoms with van der Waals surface area (Å²) in [7, 11) is 0. The van der Waals surface area contributed by atoms with Crippen molar-refractivity contribution in [2.75, 3.05) is 25.0 Å². The highest BCUT2D eigenvalue weighted by atomic mass is 16.2. The first-order valence-corrected chi connectivity index (χ1v) is 11.3. The number of rotatable bonds is 4. The summed E-state index contributed by atoms with van der Waals surface area (Å²) in [4.78, 5) is 50.4. The van der Waals surface area contributed by atoms with Crippen LogP contribution in [0.3, 0.4) is 0 Å². The molecule has 4 atom stereocenters. The molecular weight excluding hydrogens is 396 g/mol. The molecule has 1 aromatic rings. The molecule has 4 unspecified atom stereocenters. The van der Waals surface area contributed by atoms with Gasteiger partial charge in [0.25, 0.3) is 11.8 Å². The van der Waals surface area contributed by atoms with Crippen LogP contribution in [0.25, 0.3) is 0 Å². The van der Waals surface area contributed by atoms with Crippen molar-refractivity contribution < 1.29 is 19.2 Å². The first-order valence-electron chi connectivity index (χ1n) is 11.3. The number of carbonyl (C=O) groups is 4. The summed E-state index contributed by atoms with van der Waals surface area (Å²) in [5, 5.41) is 9.18. The maximum Gasteiger partial charge on any atom is 0.262 e. The molecule has 5 rings (SSSR count). The van der Waals surface area contributed by atoms with Gasteiger partial charge in [-0.25, -0.2) is 0 Å². The van der Waals surface area contributed by atoms with Gasteiger partial charge in [-0.1, -0.05) is 0 Å². The SMILES string of the molecule is O=C1CCC(N2C(=O)c3ccc(NCC4CCC5CNCCC5C4)cc3C2=O)C(=O)N1. The van der Waals surface area contributed by atoms with Gasteiger partial charge in [-0.05, 0) is 81.1 Å². The molecule has 8 heteroatoms. The molecule has 0 aromatic heterocycles. The zero-order valence-corrected chi connectivity index (χ0v) is 17.5. The first kappa shape index (κ1) is 20.2. The Balaban J connectivity index is 1.25. The number of amides is 4. The van der Waals surface area contributed by atoms with Crippen molar-refractivity contribution in [1.29, 1.82) is 0 Å². The summed E-state index contributed by atoms with van der Waals surface area (Å²) in [6, 6.07) is 4.28. The van der Waals surface area contributed by atoms with Gasteiger partial charge in [-0.3, -0.25) is 29.4 Å². The second kappa shape index (κ2) is 8.07. The smallest absolute Gasteiger partial charge is 0.262 e. The van der Waals surface area contributed by atoms with Gasteiger partial charge < -0.3 is 10.6 Å². The molecule has 4 aliphatic rings. The zero-order valence-electron chi connectivity index (χ0n) is 17.5. The van der Waals surface area contributed by atoms with Gasteiger partial charge in [0.15, 0.2) is 0 Å².